The Hall–Kier alpha value is -2.04. The minimum Gasteiger partial charge on any atom is -0.481 e. The van der Waals surface area contributed by atoms with Gasteiger partial charge < -0.3 is 15.2 Å². The van der Waals surface area contributed by atoms with Crippen LogP contribution in [0.5, 0.6) is 0 Å². The average molecular weight is 339 g/mol. The number of carboxylic acids is 1. The fraction of sp³-hybridized carbons (Fsp3) is 0.579. The second-order valence-corrected chi connectivity index (χ2v) is 4.64. The largest absolute Gasteiger partial charge is 0.481 e. The van der Waals surface area contributed by atoms with Crippen LogP contribution in [0.2, 0.25) is 0 Å². The quantitative estimate of drug-likeness (QED) is 0.699. The molecule has 1 unspecified atom stereocenters. The standard InChI is InChI=1S/C15H21NO4.2C2H6/c1-2-3-9-13(10-14(17)18)16-15(19)20-11-12-7-5-4-6-8-12;2*1-2/h4-8,13H,2-3,9-11H2,1H3,(H,16,19)(H,17,18);2*1-2H3. The number of benzene rings is 1. The number of alkyl carbamates (subject to hydrolysis) is 1. The van der Waals surface area contributed by atoms with E-state index >= 15 is 0 Å². The zero-order chi connectivity index (χ0) is 18.8. The van der Waals surface area contributed by atoms with E-state index in [1.165, 1.54) is 0 Å². The van der Waals surface area contributed by atoms with Crippen molar-refractivity contribution >= 4 is 12.1 Å². The Labute approximate surface area is 146 Å². The molecule has 0 saturated heterocycles. The second-order valence-electron chi connectivity index (χ2n) is 4.64. The molecule has 1 aromatic carbocycles. The number of unbranched alkanes of at least 4 members (excludes halogenated alkanes) is 1. The highest BCUT2D eigenvalue weighted by Crippen LogP contribution is 2.06. The Morgan fingerprint density at radius 3 is 2.21 bits per heavy atom. The third-order valence-corrected chi connectivity index (χ3v) is 2.86. The van der Waals surface area contributed by atoms with E-state index in [1.807, 2.05) is 65.0 Å². The molecule has 1 rings (SSSR count). The molecule has 1 amide bonds. The molecule has 0 aromatic heterocycles. The number of amides is 1. The molecule has 0 radical (unpaired) electrons. The van der Waals surface area contributed by atoms with Gasteiger partial charge in [-0.25, -0.2) is 4.79 Å². The highest BCUT2D eigenvalue weighted by molar-refractivity contribution is 5.71. The number of nitrogens with one attached hydrogen (secondary N) is 1. The molecule has 24 heavy (non-hydrogen) atoms. The van der Waals surface area contributed by atoms with Gasteiger partial charge in [-0.3, -0.25) is 4.79 Å². The van der Waals surface area contributed by atoms with Crippen molar-refractivity contribution in [3.8, 4) is 0 Å². The lowest BCUT2D eigenvalue weighted by atomic mass is 10.1. The predicted octanol–water partition coefficient (Wildman–Crippen LogP) is 5.00. The number of aliphatic carboxylic acids is 1. The van der Waals surface area contributed by atoms with Crippen LogP contribution in [0.4, 0.5) is 4.79 Å². The Morgan fingerprint density at radius 2 is 1.71 bits per heavy atom. The lowest BCUT2D eigenvalue weighted by Gasteiger charge is -2.16. The molecule has 0 spiro atoms. The summed E-state index contributed by atoms with van der Waals surface area (Å²) in [5, 5.41) is 11.4. The lowest BCUT2D eigenvalue weighted by molar-refractivity contribution is -0.137. The SMILES string of the molecule is CC.CC.CCCCC(CC(=O)O)NC(=O)OCc1ccccc1. The summed E-state index contributed by atoms with van der Waals surface area (Å²) in [4.78, 5) is 22.4. The molecule has 0 aliphatic heterocycles. The minimum absolute atomic E-state index is 0.0829. The monoisotopic (exact) mass is 339 g/mol. The summed E-state index contributed by atoms with van der Waals surface area (Å²) >= 11 is 0. The van der Waals surface area contributed by atoms with Crippen LogP contribution in [0.25, 0.3) is 0 Å². The van der Waals surface area contributed by atoms with Gasteiger partial charge in [0, 0.05) is 6.04 Å². The van der Waals surface area contributed by atoms with Crippen molar-refractivity contribution in [2.24, 2.45) is 0 Å². The van der Waals surface area contributed by atoms with Crippen LogP contribution in [0.1, 0.15) is 65.9 Å². The van der Waals surface area contributed by atoms with E-state index < -0.39 is 12.1 Å². The zero-order valence-corrected chi connectivity index (χ0v) is 15.7. The molecule has 0 bridgehead atoms. The van der Waals surface area contributed by atoms with Crippen molar-refractivity contribution in [1.29, 1.82) is 0 Å². The Balaban J connectivity index is 0. The Morgan fingerprint density at radius 1 is 1.12 bits per heavy atom. The summed E-state index contributed by atoms with van der Waals surface area (Å²) in [6.07, 6.45) is 1.81. The summed E-state index contributed by atoms with van der Waals surface area (Å²) in [6, 6.07) is 8.96. The molecule has 0 aliphatic carbocycles. The molecule has 0 aliphatic rings. The molecule has 138 valence electrons. The third-order valence-electron chi connectivity index (χ3n) is 2.86. The molecule has 5 heteroatoms. The molecule has 0 fully saturated rings. The van der Waals surface area contributed by atoms with Crippen LogP contribution >= 0.6 is 0 Å². The predicted molar refractivity (Wildman–Crippen MR) is 98.0 cm³/mol. The van der Waals surface area contributed by atoms with Crippen LogP contribution in [0.15, 0.2) is 30.3 Å². The van der Waals surface area contributed by atoms with Gasteiger partial charge >= 0.3 is 12.1 Å². The van der Waals surface area contributed by atoms with Gasteiger partial charge in [0.1, 0.15) is 6.61 Å². The number of rotatable bonds is 8. The van der Waals surface area contributed by atoms with Crippen LogP contribution in [-0.4, -0.2) is 23.2 Å². The van der Waals surface area contributed by atoms with Crippen LogP contribution in [0.3, 0.4) is 0 Å². The summed E-state index contributed by atoms with van der Waals surface area (Å²) in [5.74, 6) is -0.922. The first-order chi connectivity index (χ1) is 11.6. The van der Waals surface area contributed by atoms with Crippen molar-refractivity contribution in [2.45, 2.75) is 73.0 Å². The van der Waals surface area contributed by atoms with Gasteiger partial charge in [0.25, 0.3) is 0 Å². The van der Waals surface area contributed by atoms with E-state index in [1.54, 1.807) is 0 Å². The fourth-order valence-corrected chi connectivity index (χ4v) is 1.82. The molecule has 0 saturated carbocycles. The maximum atomic E-state index is 11.6. The number of hydrogen-bond donors (Lipinski definition) is 2. The summed E-state index contributed by atoms with van der Waals surface area (Å²) in [7, 11) is 0. The molecule has 1 aromatic rings. The van der Waals surface area contributed by atoms with E-state index in [2.05, 4.69) is 5.32 Å². The van der Waals surface area contributed by atoms with Crippen molar-refractivity contribution in [3.63, 3.8) is 0 Å². The van der Waals surface area contributed by atoms with Gasteiger partial charge in [-0.1, -0.05) is 77.8 Å². The van der Waals surface area contributed by atoms with Crippen molar-refractivity contribution in [3.05, 3.63) is 35.9 Å². The van der Waals surface area contributed by atoms with Crippen LogP contribution in [-0.2, 0) is 16.1 Å². The molecular weight excluding hydrogens is 306 g/mol. The number of carbonyl (C=O) groups is 2. The van der Waals surface area contributed by atoms with Gasteiger partial charge in [0.15, 0.2) is 0 Å². The van der Waals surface area contributed by atoms with E-state index in [-0.39, 0.29) is 19.1 Å². The number of hydrogen-bond acceptors (Lipinski definition) is 3. The first kappa shape index (κ1) is 24.2. The topological polar surface area (TPSA) is 75.6 Å². The lowest BCUT2D eigenvalue weighted by Crippen LogP contribution is -2.36. The molecule has 5 nitrogen and oxygen atoms in total. The molecule has 0 heterocycles. The summed E-state index contributed by atoms with van der Waals surface area (Å²) in [5.41, 5.74) is 0.894. The molecular formula is C19H33NO4. The summed E-state index contributed by atoms with van der Waals surface area (Å²) < 4.78 is 5.08. The van der Waals surface area contributed by atoms with Gasteiger partial charge in [0.05, 0.1) is 6.42 Å². The van der Waals surface area contributed by atoms with E-state index in [4.69, 9.17) is 9.84 Å². The normalized spacial score (nSPS) is 10.2. The second kappa shape index (κ2) is 17.3. The van der Waals surface area contributed by atoms with E-state index in [0.717, 1.165) is 18.4 Å². The zero-order valence-electron chi connectivity index (χ0n) is 15.7. The maximum absolute atomic E-state index is 11.6. The van der Waals surface area contributed by atoms with E-state index in [9.17, 15) is 9.59 Å². The first-order valence-electron chi connectivity index (χ1n) is 8.80. The number of carbonyl (C=O) groups excluding carboxylic acids is 1. The molecule has 1 atom stereocenters. The van der Waals surface area contributed by atoms with Gasteiger partial charge in [-0.15, -0.1) is 0 Å². The van der Waals surface area contributed by atoms with Crippen LogP contribution in [0, 0.1) is 0 Å². The average Bonchev–Trinajstić information content (AvgIpc) is 2.62. The van der Waals surface area contributed by atoms with Crippen molar-refractivity contribution in [2.75, 3.05) is 0 Å². The first-order valence-corrected chi connectivity index (χ1v) is 8.80. The third kappa shape index (κ3) is 13.6. The number of carboxylic acid groups (broad SMARTS) is 1. The number of ether oxygens (including phenoxy) is 1. The maximum Gasteiger partial charge on any atom is 0.407 e. The van der Waals surface area contributed by atoms with Crippen molar-refractivity contribution < 1.29 is 19.4 Å². The van der Waals surface area contributed by atoms with Gasteiger partial charge in [-0.05, 0) is 12.0 Å². The van der Waals surface area contributed by atoms with Gasteiger partial charge in [0.2, 0.25) is 0 Å². The van der Waals surface area contributed by atoms with E-state index in [0.29, 0.717) is 6.42 Å². The highest BCUT2D eigenvalue weighted by Gasteiger charge is 2.16. The van der Waals surface area contributed by atoms with Crippen molar-refractivity contribution in [1.82, 2.24) is 5.32 Å². The van der Waals surface area contributed by atoms with Crippen LogP contribution < -0.4 is 5.32 Å². The smallest absolute Gasteiger partial charge is 0.407 e. The van der Waals surface area contributed by atoms with Gasteiger partial charge in [-0.2, -0.15) is 0 Å². The Kier molecular flexibility index (Phi) is 17.5. The summed E-state index contributed by atoms with van der Waals surface area (Å²) in [6.45, 7) is 10.2. The molecule has 2 N–H and O–H groups in total. The highest BCUT2D eigenvalue weighted by atomic mass is 16.5. The Bertz CT molecular complexity index is 421. The minimum atomic E-state index is -0.922. The fourth-order valence-electron chi connectivity index (χ4n) is 1.82.